The fourth-order valence-corrected chi connectivity index (χ4v) is 1.99. The number of nitrogens with one attached hydrogen (secondary N) is 2. The molecule has 2 N–H and O–H groups in total. The topological polar surface area (TPSA) is 67.4 Å². The summed E-state index contributed by atoms with van der Waals surface area (Å²) in [7, 11) is 0. The number of hydrazine groups is 1. The normalized spacial score (nSPS) is 11.4. The maximum Gasteiger partial charge on any atom is 0.279 e. The number of benzene rings is 2. The lowest BCUT2D eigenvalue weighted by Crippen LogP contribution is -2.47. The van der Waals surface area contributed by atoms with E-state index < -0.39 is 17.9 Å². The molecular formula is C17H17ClN2O3. The summed E-state index contributed by atoms with van der Waals surface area (Å²) >= 11 is 5.82. The van der Waals surface area contributed by atoms with Gasteiger partial charge in [0.1, 0.15) is 5.75 Å². The molecule has 2 amide bonds. The average molecular weight is 333 g/mol. The number of amides is 2. The first-order chi connectivity index (χ1) is 11.0. The Labute approximate surface area is 139 Å². The van der Waals surface area contributed by atoms with Crippen LogP contribution in [0.2, 0.25) is 5.02 Å². The first-order valence-electron chi connectivity index (χ1n) is 7.05. The van der Waals surface area contributed by atoms with Gasteiger partial charge in [0.2, 0.25) is 0 Å². The summed E-state index contributed by atoms with van der Waals surface area (Å²) in [5.74, 6) is -0.330. The van der Waals surface area contributed by atoms with Crippen LogP contribution in [0.4, 0.5) is 0 Å². The standard InChI is InChI=1S/C17H17ClN2O3/c1-11-6-8-15(9-7-11)23-12(2)16(21)19-20-17(22)13-4-3-5-14(18)10-13/h3-10,12H,1-2H3,(H,19,21)(H,20,22). The third-order valence-corrected chi connectivity index (χ3v) is 3.32. The molecule has 1 unspecified atom stereocenters. The van der Waals surface area contributed by atoms with Crippen molar-refractivity contribution in [1.29, 1.82) is 0 Å². The van der Waals surface area contributed by atoms with E-state index in [0.29, 0.717) is 16.3 Å². The van der Waals surface area contributed by atoms with Gasteiger partial charge in [-0.1, -0.05) is 35.4 Å². The van der Waals surface area contributed by atoms with Crippen molar-refractivity contribution < 1.29 is 14.3 Å². The molecule has 0 aliphatic heterocycles. The molecule has 0 aliphatic carbocycles. The van der Waals surface area contributed by atoms with Gasteiger partial charge in [0.05, 0.1) is 0 Å². The monoisotopic (exact) mass is 332 g/mol. The van der Waals surface area contributed by atoms with Crippen molar-refractivity contribution in [2.24, 2.45) is 0 Å². The number of ether oxygens (including phenoxy) is 1. The molecule has 5 nitrogen and oxygen atoms in total. The lowest BCUT2D eigenvalue weighted by molar-refractivity contribution is -0.128. The first-order valence-corrected chi connectivity index (χ1v) is 7.42. The highest BCUT2D eigenvalue weighted by Crippen LogP contribution is 2.13. The fourth-order valence-electron chi connectivity index (χ4n) is 1.80. The number of carbonyl (C=O) groups excluding carboxylic acids is 2. The van der Waals surface area contributed by atoms with Gasteiger partial charge in [0.15, 0.2) is 6.10 Å². The van der Waals surface area contributed by atoms with Crippen molar-refractivity contribution >= 4 is 23.4 Å². The minimum Gasteiger partial charge on any atom is -0.481 e. The summed E-state index contributed by atoms with van der Waals surface area (Å²) in [4.78, 5) is 23.8. The Morgan fingerprint density at radius 1 is 1.09 bits per heavy atom. The number of hydrogen-bond acceptors (Lipinski definition) is 3. The molecule has 2 aromatic rings. The Hall–Kier alpha value is -2.53. The molecule has 2 rings (SSSR count). The summed E-state index contributed by atoms with van der Waals surface area (Å²) < 4.78 is 5.50. The molecule has 23 heavy (non-hydrogen) atoms. The van der Waals surface area contributed by atoms with Crippen LogP contribution in [0.3, 0.4) is 0 Å². The molecule has 0 spiro atoms. The minimum absolute atomic E-state index is 0.352. The van der Waals surface area contributed by atoms with Crippen molar-refractivity contribution in [2.45, 2.75) is 20.0 Å². The number of hydrogen-bond donors (Lipinski definition) is 2. The molecule has 0 saturated heterocycles. The van der Waals surface area contributed by atoms with Crippen LogP contribution in [0, 0.1) is 6.92 Å². The van der Waals surface area contributed by atoms with Crippen molar-refractivity contribution in [3.63, 3.8) is 0 Å². The molecule has 6 heteroatoms. The molecule has 1 atom stereocenters. The Morgan fingerprint density at radius 2 is 1.78 bits per heavy atom. The number of halogens is 1. The van der Waals surface area contributed by atoms with Gasteiger partial charge in [-0.15, -0.1) is 0 Å². The second-order valence-electron chi connectivity index (χ2n) is 5.03. The van der Waals surface area contributed by atoms with E-state index in [0.717, 1.165) is 5.56 Å². The van der Waals surface area contributed by atoms with Gasteiger partial charge < -0.3 is 4.74 Å². The van der Waals surface area contributed by atoms with Crippen LogP contribution in [-0.2, 0) is 4.79 Å². The van der Waals surface area contributed by atoms with Crippen LogP contribution in [-0.4, -0.2) is 17.9 Å². The van der Waals surface area contributed by atoms with Crippen LogP contribution < -0.4 is 15.6 Å². The lowest BCUT2D eigenvalue weighted by Gasteiger charge is -2.15. The molecule has 0 aliphatic rings. The van der Waals surface area contributed by atoms with E-state index in [1.54, 1.807) is 37.3 Å². The molecular weight excluding hydrogens is 316 g/mol. The Morgan fingerprint density at radius 3 is 2.43 bits per heavy atom. The highest BCUT2D eigenvalue weighted by Gasteiger charge is 2.15. The number of aryl methyl sites for hydroxylation is 1. The van der Waals surface area contributed by atoms with Gasteiger partial charge in [-0.3, -0.25) is 20.4 Å². The SMILES string of the molecule is Cc1ccc(OC(C)C(=O)NNC(=O)c2cccc(Cl)c2)cc1. The fraction of sp³-hybridized carbons (Fsp3) is 0.176. The zero-order valence-corrected chi connectivity index (χ0v) is 13.6. The number of rotatable bonds is 4. The van der Waals surface area contributed by atoms with Crippen LogP contribution >= 0.6 is 11.6 Å². The molecule has 0 saturated carbocycles. The highest BCUT2D eigenvalue weighted by atomic mass is 35.5. The van der Waals surface area contributed by atoms with E-state index in [1.165, 1.54) is 6.07 Å². The molecule has 0 fully saturated rings. The molecule has 2 aromatic carbocycles. The molecule has 0 heterocycles. The molecule has 120 valence electrons. The van der Waals surface area contributed by atoms with E-state index in [4.69, 9.17) is 16.3 Å². The predicted molar refractivity (Wildman–Crippen MR) is 88.3 cm³/mol. The van der Waals surface area contributed by atoms with E-state index in [2.05, 4.69) is 10.9 Å². The first kappa shape index (κ1) is 16.8. The van der Waals surface area contributed by atoms with Gasteiger partial charge in [0, 0.05) is 10.6 Å². The lowest BCUT2D eigenvalue weighted by atomic mass is 10.2. The Balaban J connectivity index is 1.86. The third kappa shape index (κ3) is 5.00. The maximum absolute atomic E-state index is 11.9. The van der Waals surface area contributed by atoms with Gasteiger partial charge in [-0.2, -0.15) is 0 Å². The minimum atomic E-state index is -0.752. The molecule has 0 aromatic heterocycles. The summed E-state index contributed by atoms with van der Waals surface area (Å²) in [6, 6.07) is 13.8. The van der Waals surface area contributed by atoms with Crippen molar-refractivity contribution in [3.05, 3.63) is 64.7 Å². The van der Waals surface area contributed by atoms with Crippen molar-refractivity contribution in [1.82, 2.24) is 10.9 Å². The maximum atomic E-state index is 11.9. The van der Waals surface area contributed by atoms with Crippen LogP contribution in [0.25, 0.3) is 0 Å². The van der Waals surface area contributed by atoms with Crippen LogP contribution in [0.1, 0.15) is 22.8 Å². The Kier molecular flexibility index (Phi) is 5.60. The van der Waals surface area contributed by atoms with Gasteiger partial charge in [-0.05, 0) is 44.2 Å². The molecule has 0 bridgehead atoms. The van der Waals surface area contributed by atoms with Crippen molar-refractivity contribution in [2.75, 3.05) is 0 Å². The van der Waals surface area contributed by atoms with Gasteiger partial charge >= 0.3 is 0 Å². The quantitative estimate of drug-likeness (QED) is 0.846. The van der Waals surface area contributed by atoms with E-state index in [1.807, 2.05) is 19.1 Å². The second-order valence-corrected chi connectivity index (χ2v) is 5.46. The highest BCUT2D eigenvalue weighted by molar-refractivity contribution is 6.30. The zero-order valence-electron chi connectivity index (χ0n) is 12.8. The third-order valence-electron chi connectivity index (χ3n) is 3.09. The molecule has 0 radical (unpaired) electrons. The average Bonchev–Trinajstić information content (AvgIpc) is 2.54. The van der Waals surface area contributed by atoms with Crippen molar-refractivity contribution in [3.8, 4) is 5.75 Å². The summed E-state index contributed by atoms with van der Waals surface area (Å²) in [6.07, 6.45) is -0.752. The largest absolute Gasteiger partial charge is 0.481 e. The summed E-state index contributed by atoms with van der Waals surface area (Å²) in [6.45, 7) is 3.56. The zero-order chi connectivity index (χ0) is 16.8. The van der Waals surface area contributed by atoms with E-state index in [9.17, 15) is 9.59 Å². The summed E-state index contributed by atoms with van der Waals surface area (Å²) in [5, 5.41) is 0.444. The van der Waals surface area contributed by atoms with Crippen LogP contribution in [0.5, 0.6) is 5.75 Å². The predicted octanol–water partition coefficient (Wildman–Crippen LogP) is 2.88. The Bertz CT molecular complexity index is 701. The smallest absolute Gasteiger partial charge is 0.279 e. The number of carbonyl (C=O) groups is 2. The van der Waals surface area contributed by atoms with E-state index >= 15 is 0 Å². The second kappa shape index (κ2) is 7.65. The van der Waals surface area contributed by atoms with E-state index in [-0.39, 0.29) is 0 Å². The van der Waals surface area contributed by atoms with Gasteiger partial charge in [0.25, 0.3) is 11.8 Å². The van der Waals surface area contributed by atoms with Gasteiger partial charge in [-0.25, -0.2) is 0 Å². The van der Waals surface area contributed by atoms with Crippen LogP contribution in [0.15, 0.2) is 48.5 Å². The summed E-state index contributed by atoms with van der Waals surface area (Å²) in [5.41, 5.74) is 6.10.